The number of benzene rings is 1. The first-order chi connectivity index (χ1) is 14.6. The highest BCUT2D eigenvalue weighted by molar-refractivity contribution is 5.90. The van der Waals surface area contributed by atoms with Crippen molar-refractivity contribution in [3.05, 3.63) is 34.9 Å². The Morgan fingerprint density at radius 1 is 0.969 bits per heavy atom. The van der Waals surface area contributed by atoms with E-state index in [0.717, 1.165) is 29.7 Å². The van der Waals surface area contributed by atoms with Gasteiger partial charge in [-0.25, -0.2) is 4.79 Å². The maximum Gasteiger partial charge on any atom is 0.331 e. The minimum Gasteiger partial charge on any atom is -0.465 e. The van der Waals surface area contributed by atoms with E-state index in [9.17, 15) is 14.4 Å². The Morgan fingerprint density at radius 2 is 1.50 bits per heavy atom. The van der Waals surface area contributed by atoms with Crippen LogP contribution in [0.2, 0.25) is 0 Å². The number of carbonyl (C=O) groups excluding carboxylic acids is 3. The number of ether oxygens (including phenoxy) is 2. The Morgan fingerprint density at radius 3 is 1.91 bits per heavy atom. The topological polar surface area (TPSA) is 84.9 Å². The van der Waals surface area contributed by atoms with E-state index in [2.05, 4.69) is 11.4 Å². The van der Waals surface area contributed by atoms with Crippen LogP contribution >= 0.6 is 12.4 Å². The highest BCUT2D eigenvalue weighted by Crippen LogP contribution is 2.32. The van der Waals surface area contributed by atoms with Gasteiger partial charge in [0.15, 0.2) is 0 Å². The zero-order valence-electron chi connectivity index (χ0n) is 20.1. The number of aryl methyl sites for hydroxylation is 2. The SMILES string of the molecule is CCOC(=O)C1(C)CCN1.CCOC(=O)C1(C)CCN1C(=O)Cc1cc(C)cc(C)c1.Cl. The van der Waals surface area contributed by atoms with Crippen LogP contribution in [-0.4, -0.2) is 60.1 Å². The summed E-state index contributed by atoms with van der Waals surface area (Å²) in [5.41, 5.74) is 2.13. The first-order valence-electron chi connectivity index (χ1n) is 11.0. The molecule has 32 heavy (non-hydrogen) atoms. The van der Waals surface area contributed by atoms with Crippen molar-refractivity contribution >= 4 is 30.3 Å². The third kappa shape index (κ3) is 6.45. The molecule has 1 amide bonds. The van der Waals surface area contributed by atoms with Gasteiger partial charge in [0, 0.05) is 6.54 Å². The molecule has 1 aromatic carbocycles. The van der Waals surface area contributed by atoms with Gasteiger partial charge in [-0.2, -0.15) is 0 Å². The molecule has 3 rings (SSSR count). The fourth-order valence-corrected chi connectivity index (χ4v) is 3.86. The molecule has 2 aliphatic rings. The van der Waals surface area contributed by atoms with Crippen molar-refractivity contribution in [2.75, 3.05) is 26.3 Å². The average molecular weight is 469 g/mol. The third-order valence-electron chi connectivity index (χ3n) is 5.94. The van der Waals surface area contributed by atoms with Crippen LogP contribution in [0, 0.1) is 13.8 Å². The molecule has 2 aliphatic heterocycles. The van der Waals surface area contributed by atoms with Gasteiger partial charge in [-0.1, -0.05) is 29.3 Å². The molecule has 2 atom stereocenters. The van der Waals surface area contributed by atoms with Crippen LogP contribution in [0.3, 0.4) is 0 Å². The normalized spacial score (nSPS) is 23.4. The number of esters is 2. The van der Waals surface area contributed by atoms with Crippen molar-refractivity contribution in [2.45, 2.75) is 71.9 Å². The van der Waals surface area contributed by atoms with Crippen LogP contribution in [-0.2, 0) is 30.3 Å². The van der Waals surface area contributed by atoms with Gasteiger partial charge in [0.2, 0.25) is 5.91 Å². The molecule has 2 unspecified atom stereocenters. The maximum atomic E-state index is 12.5. The zero-order valence-corrected chi connectivity index (χ0v) is 20.9. The number of carbonyl (C=O) groups is 3. The largest absolute Gasteiger partial charge is 0.465 e. The summed E-state index contributed by atoms with van der Waals surface area (Å²) in [5, 5.41) is 3.03. The van der Waals surface area contributed by atoms with Gasteiger partial charge in [-0.3, -0.25) is 9.59 Å². The van der Waals surface area contributed by atoms with Crippen molar-refractivity contribution in [1.82, 2.24) is 10.2 Å². The lowest BCUT2D eigenvalue weighted by Gasteiger charge is -2.48. The van der Waals surface area contributed by atoms with E-state index in [0.29, 0.717) is 32.6 Å². The zero-order chi connectivity index (χ0) is 23.2. The van der Waals surface area contributed by atoms with Crippen LogP contribution in [0.25, 0.3) is 0 Å². The second kappa shape index (κ2) is 11.7. The molecule has 0 spiro atoms. The average Bonchev–Trinajstić information content (AvgIpc) is 2.64. The lowest BCUT2D eigenvalue weighted by molar-refractivity contribution is -0.173. The first-order valence-corrected chi connectivity index (χ1v) is 11.0. The van der Waals surface area contributed by atoms with Gasteiger partial charge in [0.25, 0.3) is 0 Å². The molecule has 1 aromatic rings. The number of hydrogen-bond donors (Lipinski definition) is 1. The second-order valence-corrected chi connectivity index (χ2v) is 8.69. The standard InChI is InChI=1S/C17H23NO3.C7H13NO2.ClH/c1-5-21-16(20)17(4)6-7-18(17)15(19)11-14-9-12(2)8-13(3)10-14;1-3-10-6(9)7(2)4-5-8-7;/h8-10H,5-7,11H2,1-4H3;8H,3-5H2,1-2H3;1H. The number of halogens is 1. The summed E-state index contributed by atoms with van der Waals surface area (Å²) >= 11 is 0. The Labute approximate surface area is 197 Å². The number of amides is 1. The molecule has 1 N–H and O–H groups in total. The van der Waals surface area contributed by atoms with Crippen LogP contribution in [0.5, 0.6) is 0 Å². The molecule has 8 heteroatoms. The summed E-state index contributed by atoms with van der Waals surface area (Å²) in [6, 6.07) is 6.12. The molecular weight excluding hydrogens is 432 g/mol. The van der Waals surface area contributed by atoms with Crippen molar-refractivity contribution < 1.29 is 23.9 Å². The Hall–Kier alpha value is -2.12. The van der Waals surface area contributed by atoms with Crippen molar-refractivity contribution in [2.24, 2.45) is 0 Å². The minimum absolute atomic E-state index is 0. The molecule has 2 heterocycles. The van der Waals surface area contributed by atoms with Crippen LogP contribution in [0.1, 0.15) is 57.2 Å². The third-order valence-corrected chi connectivity index (χ3v) is 5.94. The Balaban J connectivity index is 0.000000393. The van der Waals surface area contributed by atoms with Crippen LogP contribution in [0.15, 0.2) is 18.2 Å². The van der Waals surface area contributed by atoms with E-state index in [4.69, 9.17) is 9.47 Å². The predicted molar refractivity (Wildman–Crippen MR) is 126 cm³/mol. The fraction of sp³-hybridized carbons (Fsp3) is 0.625. The fourth-order valence-electron chi connectivity index (χ4n) is 3.86. The summed E-state index contributed by atoms with van der Waals surface area (Å²) < 4.78 is 9.93. The Bertz CT molecular complexity index is 804. The van der Waals surface area contributed by atoms with Crippen LogP contribution < -0.4 is 5.32 Å². The van der Waals surface area contributed by atoms with E-state index in [-0.39, 0.29) is 35.8 Å². The number of hydrogen-bond acceptors (Lipinski definition) is 6. The molecule has 0 radical (unpaired) electrons. The molecule has 2 saturated heterocycles. The van der Waals surface area contributed by atoms with Gasteiger partial charge in [0.05, 0.1) is 19.6 Å². The molecular formula is C24H37ClN2O5. The maximum absolute atomic E-state index is 12.5. The summed E-state index contributed by atoms with van der Waals surface area (Å²) in [7, 11) is 0. The smallest absolute Gasteiger partial charge is 0.331 e. The molecule has 180 valence electrons. The molecule has 7 nitrogen and oxygen atoms in total. The van der Waals surface area contributed by atoms with Crippen molar-refractivity contribution in [3.8, 4) is 0 Å². The molecule has 2 fully saturated rings. The lowest BCUT2D eigenvalue weighted by atomic mass is 9.86. The first kappa shape index (κ1) is 27.9. The summed E-state index contributed by atoms with van der Waals surface area (Å²) in [6.45, 7) is 13.7. The van der Waals surface area contributed by atoms with Crippen LogP contribution in [0.4, 0.5) is 0 Å². The van der Waals surface area contributed by atoms with Gasteiger partial charge in [-0.05, 0) is 66.5 Å². The summed E-state index contributed by atoms with van der Waals surface area (Å²) in [5.74, 6) is -0.437. The van der Waals surface area contributed by atoms with E-state index in [1.165, 1.54) is 0 Å². The monoisotopic (exact) mass is 468 g/mol. The van der Waals surface area contributed by atoms with Gasteiger partial charge >= 0.3 is 11.9 Å². The Kier molecular flexibility index (Phi) is 10.2. The van der Waals surface area contributed by atoms with Gasteiger partial charge in [-0.15, -0.1) is 12.4 Å². The predicted octanol–water partition coefficient (Wildman–Crippen LogP) is 3.12. The highest BCUT2D eigenvalue weighted by atomic mass is 35.5. The summed E-state index contributed by atoms with van der Waals surface area (Å²) in [4.78, 5) is 37.2. The van der Waals surface area contributed by atoms with Gasteiger partial charge < -0.3 is 19.7 Å². The van der Waals surface area contributed by atoms with Crippen molar-refractivity contribution in [3.63, 3.8) is 0 Å². The number of nitrogens with one attached hydrogen (secondary N) is 1. The van der Waals surface area contributed by atoms with Crippen molar-refractivity contribution in [1.29, 1.82) is 0 Å². The van der Waals surface area contributed by atoms with E-state index < -0.39 is 5.54 Å². The molecule has 0 saturated carbocycles. The quantitative estimate of drug-likeness (QED) is 0.645. The summed E-state index contributed by atoms with van der Waals surface area (Å²) in [6.07, 6.45) is 1.90. The molecule has 0 aliphatic carbocycles. The number of nitrogens with zero attached hydrogens (tertiary/aromatic N) is 1. The number of likely N-dealkylation sites (tertiary alicyclic amines) is 1. The van der Waals surface area contributed by atoms with E-state index in [1.807, 2.05) is 39.8 Å². The minimum atomic E-state index is -0.786. The van der Waals surface area contributed by atoms with Gasteiger partial charge in [0.1, 0.15) is 11.1 Å². The second-order valence-electron chi connectivity index (χ2n) is 8.69. The van der Waals surface area contributed by atoms with E-state index >= 15 is 0 Å². The van der Waals surface area contributed by atoms with E-state index in [1.54, 1.807) is 18.7 Å². The molecule has 0 bridgehead atoms. The molecule has 0 aromatic heterocycles. The number of rotatable bonds is 6. The highest BCUT2D eigenvalue weighted by Gasteiger charge is 2.50. The lowest BCUT2D eigenvalue weighted by Crippen LogP contribution is -2.65.